The molecule has 0 aliphatic carbocycles. The van der Waals surface area contributed by atoms with E-state index in [0.717, 1.165) is 24.1 Å². The lowest BCUT2D eigenvalue weighted by Crippen LogP contribution is -2.48. The number of rotatable bonds is 6. The number of benzene rings is 1. The molecule has 1 aromatic heterocycles. The number of nitrogens with zero attached hydrogens (tertiary/aromatic N) is 4. The topological polar surface area (TPSA) is 50.6 Å². The summed E-state index contributed by atoms with van der Waals surface area (Å²) in [5.41, 5.74) is 0.992. The quantitative estimate of drug-likeness (QED) is 0.653. The van der Waals surface area contributed by atoms with Gasteiger partial charge in [0.25, 0.3) is 0 Å². The number of methoxy groups -OCH3 is 1. The van der Waals surface area contributed by atoms with Gasteiger partial charge >= 0.3 is 0 Å². The molecular weight excluding hydrogens is 415 g/mol. The third kappa shape index (κ3) is 5.24. The number of amides is 1. The summed E-state index contributed by atoms with van der Waals surface area (Å²) in [6.07, 6.45) is 6.43. The summed E-state index contributed by atoms with van der Waals surface area (Å²) in [6, 6.07) is 4.81. The number of carbonyl (C=O) groups excluding carboxylic acids is 1. The van der Waals surface area contributed by atoms with Crippen molar-refractivity contribution in [2.75, 3.05) is 46.4 Å². The fourth-order valence-corrected chi connectivity index (χ4v) is 3.22. The number of piperazine rings is 1. The zero-order valence-corrected chi connectivity index (χ0v) is 16.7. The van der Waals surface area contributed by atoms with E-state index in [2.05, 4.69) is 25.9 Å². The van der Waals surface area contributed by atoms with Crippen molar-refractivity contribution >= 4 is 27.9 Å². The lowest BCUT2D eigenvalue weighted by atomic mass is 10.1. The average Bonchev–Trinajstić information content (AvgIpc) is 3.11. The largest absolute Gasteiger partial charge is 0.383 e. The van der Waals surface area contributed by atoms with Crippen LogP contribution in [0.1, 0.15) is 5.56 Å². The van der Waals surface area contributed by atoms with Crippen molar-refractivity contribution in [3.8, 4) is 5.69 Å². The maximum absolute atomic E-state index is 14.3. The summed E-state index contributed by atoms with van der Waals surface area (Å²) >= 11 is 3.29. The highest BCUT2D eigenvalue weighted by Gasteiger charge is 2.19. The van der Waals surface area contributed by atoms with Crippen LogP contribution in [0.4, 0.5) is 4.39 Å². The van der Waals surface area contributed by atoms with Crippen LogP contribution in [0, 0.1) is 5.82 Å². The Balaban J connectivity index is 1.58. The van der Waals surface area contributed by atoms with Gasteiger partial charge in [0.2, 0.25) is 5.91 Å². The Labute approximate surface area is 166 Å². The second kappa shape index (κ2) is 9.25. The Bertz CT molecular complexity index is 816. The van der Waals surface area contributed by atoms with Crippen LogP contribution in [0.2, 0.25) is 0 Å². The summed E-state index contributed by atoms with van der Waals surface area (Å²) < 4.78 is 21.7. The van der Waals surface area contributed by atoms with Crippen LogP contribution in [-0.2, 0) is 9.53 Å². The predicted octanol–water partition coefficient (Wildman–Crippen LogP) is 2.58. The number of hydrogen-bond acceptors (Lipinski definition) is 4. The van der Waals surface area contributed by atoms with Crippen molar-refractivity contribution in [1.82, 2.24) is 19.6 Å². The molecule has 0 spiro atoms. The smallest absolute Gasteiger partial charge is 0.246 e. The molecule has 1 fully saturated rings. The highest BCUT2D eigenvalue weighted by molar-refractivity contribution is 9.10. The van der Waals surface area contributed by atoms with E-state index < -0.39 is 5.82 Å². The van der Waals surface area contributed by atoms with Crippen molar-refractivity contribution < 1.29 is 13.9 Å². The van der Waals surface area contributed by atoms with Gasteiger partial charge in [0.1, 0.15) is 11.5 Å². The highest BCUT2D eigenvalue weighted by atomic mass is 79.9. The molecule has 2 heterocycles. The zero-order chi connectivity index (χ0) is 19.2. The van der Waals surface area contributed by atoms with Gasteiger partial charge in [0, 0.05) is 52.1 Å². The van der Waals surface area contributed by atoms with Gasteiger partial charge in [0.05, 0.1) is 17.3 Å². The molecular formula is C19H22BrFN4O2. The van der Waals surface area contributed by atoms with Crippen molar-refractivity contribution in [2.45, 2.75) is 0 Å². The Kier molecular flexibility index (Phi) is 6.76. The first kappa shape index (κ1) is 19.7. The molecule has 0 N–H and O–H groups in total. The summed E-state index contributed by atoms with van der Waals surface area (Å²) in [5.74, 6) is -0.450. The highest BCUT2D eigenvalue weighted by Crippen LogP contribution is 2.18. The van der Waals surface area contributed by atoms with Crippen molar-refractivity contribution in [3.63, 3.8) is 0 Å². The molecule has 0 saturated carbocycles. The van der Waals surface area contributed by atoms with Crippen LogP contribution in [0.5, 0.6) is 0 Å². The molecule has 1 amide bonds. The van der Waals surface area contributed by atoms with Gasteiger partial charge in [0.15, 0.2) is 0 Å². The summed E-state index contributed by atoms with van der Waals surface area (Å²) in [5, 5.41) is 4.08. The zero-order valence-electron chi connectivity index (χ0n) is 15.1. The van der Waals surface area contributed by atoms with Crippen molar-refractivity contribution in [2.24, 2.45) is 0 Å². The van der Waals surface area contributed by atoms with E-state index in [1.807, 2.05) is 4.90 Å². The first-order valence-electron chi connectivity index (χ1n) is 8.75. The number of ether oxygens (including phenoxy) is 1. The molecule has 1 saturated heterocycles. The van der Waals surface area contributed by atoms with E-state index in [0.29, 0.717) is 30.9 Å². The van der Waals surface area contributed by atoms with Gasteiger partial charge in [-0.2, -0.15) is 5.10 Å². The molecule has 0 radical (unpaired) electrons. The normalized spacial score (nSPS) is 15.6. The van der Waals surface area contributed by atoms with Crippen LogP contribution in [0.15, 0.2) is 41.1 Å². The maximum Gasteiger partial charge on any atom is 0.246 e. The maximum atomic E-state index is 14.3. The molecule has 2 aromatic rings. The molecule has 1 aliphatic heterocycles. The van der Waals surface area contributed by atoms with Gasteiger partial charge < -0.3 is 9.64 Å². The summed E-state index contributed by atoms with van der Waals surface area (Å²) in [7, 11) is 1.69. The summed E-state index contributed by atoms with van der Waals surface area (Å²) in [6.45, 7) is 4.64. The van der Waals surface area contributed by atoms with Gasteiger partial charge in [-0.05, 0) is 39.7 Å². The van der Waals surface area contributed by atoms with Crippen LogP contribution in [0.3, 0.4) is 0 Å². The van der Waals surface area contributed by atoms with Crippen molar-refractivity contribution in [3.05, 3.63) is 52.5 Å². The average molecular weight is 437 g/mol. The fraction of sp³-hybridized carbons (Fsp3) is 0.368. The lowest BCUT2D eigenvalue weighted by molar-refractivity contribution is -0.127. The number of aromatic nitrogens is 2. The van der Waals surface area contributed by atoms with Gasteiger partial charge in [-0.25, -0.2) is 9.07 Å². The number of halogens is 2. The molecule has 8 heteroatoms. The van der Waals surface area contributed by atoms with Crippen LogP contribution in [0.25, 0.3) is 11.8 Å². The molecule has 1 aromatic carbocycles. The summed E-state index contributed by atoms with van der Waals surface area (Å²) in [4.78, 5) is 16.4. The van der Waals surface area contributed by atoms with E-state index in [1.54, 1.807) is 37.7 Å². The Morgan fingerprint density at radius 3 is 2.74 bits per heavy atom. The number of carbonyl (C=O) groups is 1. The minimum atomic E-state index is -0.396. The first-order chi connectivity index (χ1) is 13.1. The van der Waals surface area contributed by atoms with Gasteiger partial charge in [-0.3, -0.25) is 9.69 Å². The minimum Gasteiger partial charge on any atom is -0.383 e. The standard InChI is InChI=1S/C19H22BrFN4O2/c1-27-11-10-23-6-8-24(9-7-23)19(26)5-3-15-2-4-18(17(21)12-15)25-14-16(20)13-22-25/h2-5,12-14H,6-11H2,1H3/b5-3+. The Morgan fingerprint density at radius 2 is 2.11 bits per heavy atom. The molecule has 6 nitrogen and oxygen atoms in total. The monoisotopic (exact) mass is 436 g/mol. The Hall–Kier alpha value is -2.03. The molecule has 3 rings (SSSR count). The molecule has 1 aliphatic rings. The van der Waals surface area contributed by atoms with Crippen molar-refractivity contribution in [1.29, 1.82) is 0 Å². The number of hydrogen-bond donors (Lipinski definition) is 0. The first-order valence-corrected chi connectivity index (χ1v) is 9.54. The Morgan fingerprint density at radius 1 is 1.33 bits per heavy atom. The third-order valence-corrected chi connectivity index (χ3v) is 4.89. The van der Waals surface area contributed by atoms with Crippen LogP contribution in [-0.4, -0.2) is 71.9 Å². The molecule has 0 atom stereocenters. The van der Waals surface area contributed by atoms with E-state index in [-0.39, 0.29) is 5.91 Å². The van der Waals surface area contributed by atoms with E-state index in [1.165, 1.54) is 16.8 Å². The van der Waals surface area contributed by atoms with Gasteiger partial charge in [-0.1, -0.05) is 6.07 Å². The fourth-order valence-electron chi connectivity index (χ4n) is 2.93. The van der Waals surface area contributed by atoms with Crippen LogP contribution < -0.4 is 0 Å². The molecule has 27 heavy (non-hydrogen) atoms. The van der Waals surface area contributed by atoms with Crippen LogP contribution >= 0.6 is 15.9 Å². The predicted molar refractivity (Wildman–Crippen MR) is 105 cm³/mol. The van der Waals surface area contributed by atoms with E-state index >= 15 is 0 Å². The SMILES string of the molecule is COCCN1CCN(C(=O)/C=C/c2ccc(-n3cc(Br)cn3)c(F)c2)CC1. The van der Waals surface area contributed by atoms with Gasteiger partial charge in [-0.15, -0.1) is 0 Å². The molecule has 144 valence electrons. The van der Waals surface area contributed by atoms with E-state index in [9.17, 15) is 9.18 Å². The third-order valence-electron chi connectivity index (χ3n) is 4.48. The lowest BCUT2D eigenvalue weighted by Gasteiger charge is -2.34. The molecule has 0 bridgehead atoms. The van der Waals surface area contributed by atoms with E-state index in [4.69, 9.17) is 4.74 Å². The molecule has 0 unspecified atom stereocenters. The minimum absolute atomic E-state index is 0.0538. The second-order valence-electron chi connectivity index (χ2n) is 6.31. The second-order valence-corrected chi connectivity index (χ2v) is 7.22.